The highest BCUT2D eigenvalue weighted by molar-refractivity contribution is 7.89. The molecule has 0 saturated heterocycles. The lowest BCUT2D eigenvalue weighted by Gasteiger charge is -2.20. The number of nitrogens with zero attached hydrogens (tertiary/aromatic N) is 3. The number of sulfonamides is 1. The van der Waals surface area contributed by atoms with Crippen LogP contribution in [0.25, 0.3) is 27.6 Å². The fraction of sp³-hybridized carbons (Fsp3) is 0.143. The van der Waals surface area contributed by atoms with Gasteiger partial charge in [-0.15, -0.1) is 0 Å². The predicted molar refractivity (Wildman–Crippen MR) is 114 cm³/mol. The minimum absolute atomic E-state index is 0.221. The Balaban J connectivity index is 1.58. The Morgan fingerprint density at radius 3 is 2.54 bits per heavy atom. The third-order valence-corrected chi connectivity index (χ3v) is 6.80. The second kappa shape index (κ2) is 7.80. The van der Waals surface area contributed by atoms with Crippen LogP contribution in [0.15, 0.2) is 69.9 Å². The van der Waals surface area contributed by atoms with E-state index in [0.29, 0.717) is 28.8 Å². The summed E-state index contributed by atoms with van der Waals surface area (Å²) < 4.78 is 103. The maximum Gasteiger partial charge on any atom is 0.416 e. The van der Waals surface area contributed by atoms with Gasteiger partial charge in [-0.1, -0.05) is 0 Å². The van der Waals surface area contributed by atoms with E-state index in [1.165, 1.54) is 24.3 Å². The van der Waals surface area contributed by atoms with Crippen LogP contribution < -0.4 is 10.1 Å². The van der Waals surface area contributed by atoms with E-state index in [1.54, 1.807) is 0 Å². The summed E-state index contributed by atoms with van der Waals surface area (Å²) in [6, 6.07) is 2.66. The standard InChI is InChI=1S/C21H14F5N5O3S/c1-31-20-15-12(8-27-19(15)28-9-29-20)18(34-31)16-13(22)6-7-14(17(16)23)30-35(32,33)11-4-2-10(3-5-11)21(24,25)26/h2-9,17,30H,1H3,(H,27,28,29). The molecule has 4 aromatic rings. The third kappa shape index (κ3) is 3.79. The number of aromatic nitrogens is 4. The number of nitrogens with one attached hydrogen (secondary N) is 2. The summed E-state index contributed by atoms with van der Waals surface area (Å²) in [4.78, 5) is 10.5. The van der Waals surface area contributed by atoms with Crippen molar-refractivity contribution in [1.29, 1.82) is 0 Å². The summed E-state index contributed by atoms with van der Waals surface area (Å²) in [6.07, 6.45) is -2.51. The molecule has 0 saturated carbocycles. The van der Waals surface area contributed by atoms with Crippen molar-refractivity contribution in [1.82, 2.24) is 24.4 Å². The monoisotopic (exact) mass is 511 g/mol. The van der Waals surface area contributed by atoms with Crippen LogP contribution in [0.5, 0.6) is 0 Å². The number of hydrogen-bond acceptors (Lipinski definition) is 5. The molecule has 1 atom stereocenters. The molecule has 14 heteroatoms. The summed E-state index contributed by atoms with van der Waals surface area (Å²) in [5.41, 5.74) is -1.66. The van der Waals surface area contributed by atoms with Crippen molar-refractivity contribution in [3.8, 4) is 0 Å². The van der Waals surface area contributed by atoms with Crippen molar-refractivity contribution < 1.29 is 34.9 Å². The fourth-order valence-corrected chi connectivity index (χ4v) is 4.84. The normalized spacial score (nSPS) is 18.6. The van der Waals surface area contributed by atoms with Crippen molar-refractivity contribution >= 4 is 37.7 Å². The number of benzene rings is 1. The van der Waals surface area contributed by atoms with E-state index in [-0.39, 0.29) is 10.8 Å². The first-order chi connectivity index (χ1) is 16.5. The summed E-state index contributed by atoms with van der Waals surface area (Å²) >= 11 is 0. The van der Waals surface area contributed by atoms with Crippen molar-refractivity contribution in [2.75, 3.05) is 0 Å². The van der Waals surface area contributed by atoms with Crippen molar-refractivity contribution in [3.05, 3.63) is 71.4 Å². The highest BCUT2D eigenvalue weighted by atomic mass is 32.2. The Morgan fingerprint density at radius 2 is 1.86 bits per heavy atom. The lowest BCUT2D eigenvalue weighted by molar-refractivity contribution is -0.137. The maximum absolute atomic E-state index is 15.6. The van der Waals surface area contributed by atoms with E-state index >= 15 is 4.39 Å². The quantitative estimate of drug-likeness (QED) is 0.410. The highest BCUT2D eigenvalue weighted by Crippen LogP contribution is 2.32. The third-order valence-electron chi connectivity index (χ3n) is 5.40. The number of allylic oxidation sites excluding steroid dienone is 4. The SMILES string of the molecule is Cn1oc(=C2C(F)=CC=C(NS(=O)(=O)c3ccc(C(F)(F)F)cc3)C2F)c2c[nH]c3ncnc1c32. The second-order valence-electron chi connectivity index (χ2n) is 7.58. The molecule has 182 valence electrons. The van der Waals surface area contributed by atoms with E-state index in [0.717, 1.165) is 24.3 Å². The molecule has 35 heavy (non-hydrogen) atoms. The Bertz CT molecular complexity index is 1710. The smallest absolute Gasteiger partial charge is 0.377 e. The van der Waals surface area contributed by atoms with E-state index < -0.39 is 49.9 Å². The van der Waals surface area contributed by atoms with Crippen molar-refractivity contribution in [3.63, 3.8) is 0 Å². The Labute approximate surface area is 193 Å². The van der Waals surface area contributed by atoms with Crippen molar-refractivity contribution in [2.24, 2.45) is 7.05 Å². The number of aromatic amines is 1. The van der Waals surface area contributed by atoms with Gasteiger partial charge in [0, 0.05) is 13.2 Å². The van der Waals surface area contributed by atoms with Gasteiger partial charge >= 0.3 is 6.18 Å². The first-order valence-corrected chi connectivity index (χ1v) is 11.4. The van der Waals surface area contributed by atoms with Crippen LogP contribution in [0.1, 0.15) is 5.56 Å². The highest BCUT2D eigenvalue weighted by Gasteiger charge is 2.33. The molecule has 3 heterocycles. The van der Waals surface area contributed by atoms with Crippen LogP contribution in [-0.4, -0.2) is 34.3 Å². The minimum atomic E-state index is -4.66. The van der Waals surface area contributed by atoms with Crippen LogP contribution in [0.3, 0.4) is 0 Å². The largest absolute Gasteiger partial charge is 0.416 e. The molecule has 0 amide bonds. The van der Waals surface area contributed by atoms with Crippen LogP contribution in [0, 0.1) is 0 Å². The van der Waals surface area contributed by atoms with Gasteiger partial charge in [-0.3, -0.25) is 4.72 Å². The van der Waals surface area contributed by atoms with E-state index in [9.17, 15) is 26.0 Å². The van der Waals surface area contributed by atoms with Crippen LogP contribution in [0.4, 0.5) is 22.0 Å². The summed E-state index contributed by atoms with van der Waals surface area (Å²) in [6.45, 7) is 0. The lowest BCUT2D eigenvalue weighted by atomic mass is 10.0. The molecule has 0 spiro atoms. The Kier molecular flexibility index (Phi) is 5.09. The minimum Gasteiger partial charge on any atom is -0.377 e. The zero-order valence-corrected chi connectivity index (χ0v) is 18.4. The van der Waals surface area contributed by atoms with Gasteiger partial charge in [-0.2, -0.15) is 17.9 Å². The molecule has 3 aromatic heterocycles. The van der Waals surface area contributed by atoms with Crippen molar-refractivity contribution in [2.45, 2.75) is 17.2 Å². The molecule has 1 aliphatic carbocycles. The van der Waals surface area contributed by atoms with E-state index in [4.69, 9.17) is 4.52 Å². The molecule has 0 radical (unpaired) electrons. The van der Waals surface area contributed by atoms with E-state index in [1.807, 2.05) is 4.72 Å². The second-order valence-corrected chi connectivity index (χ2v) is 9.26. The average molecular weight is 511 g/mol. The van der Waals surface area contributed by atoms with Gasteiger partial charge in [0.05, 0.1) is 32.5 Å². The average Bonchev–Trinajstić information content (AvgIpc) is 3.24. The molecule has 0 fully saturated rings. The summed E-state index contributed by atoms with van der Waals surface area (Å²) in [5, 5.41) is 0.715. The molecular formula is C21H14F5N5O3S. The molecule has 0 aliphatic heterocycles. The van der Waals surface area contributed by atoms with Crippen LogP contribution >= 0.6 is 0 Å². The molecule has 1 aromatic carbocycles. The number of H-pyrrole nitrogens is 1. The van der Waals surface area contributed by atoms with Gasteiger partial charge in [-0.05, 0) is 36.4 Å². The molecule has 1 aliphatic rings. The molecule has 0 bridgehead atoms. The van der Waals surface area contributed by atoms with Crippen LogP contribution in [0.2, 0.25) is 0 Å². The number of rotatable bonds is 3. The molecule has 1 unspecified atom stereocenters. The molecule has 8 nitrogen and oxygen atoms in total. The van der Waals surface area contributed by atoms with Gasteiger partial charge in [0.15, 0.2) is 17.2 Å². The molecule has 2 N–H and O–H groups in total. The van der Waals surface area contributed by atoms with Gasteiger partial charge in [0.25, 0.3) is 10.0 Å². The topological polar surface area (TPSA) is 106 Å². The fourth-order valence-electron chi connectivity index (χ4n) is 3.75. The van der Waals surface area contributed by atoms with Gasteiger partial charge in [0.2, 0.25) is 0 Å². The molecule has 5 rings (SSSR count). The summed E-state index contributed by atoms with van der Waals surface area (Å²) in [7, 11) is -3.02. The number of alkyl halides is 4. The Morgan fingerprint density at radius 1 is 1.14 bits per heavy atom. The Hall–Kier alpha value is -3.94. The first kappa shape index (κ1) is 22.8. The first-order valence-electron chi connectivity index (χ1n) is 9.87. The predicted octanol–water partition coefficient (Wildman–Crippen LogP) is 3.56. The van der Waals surface area contributed by atoms with Gasteiger partial charge in [0.1, 0.15) is 17.8 Å². The zero-order chi connectivity index (χ0) is 25.1. The van der Waals surface area contributed by atoms with Gasteiger partial charge < -0.3 is 9.51 Å². The molecular weight excluding hydrogens is 497 g/mol. The number of hydrogen-bond donors (Lipinski definition) is 2. The lowest BCUT2D eigenvalue weighted by Crippen LogP contribution is -2.32. The maximum atomic E-state index is 15.6. The van der Waals surface area contributed by atoms with Gasteiger partial charge in [-0.25, -0.2) is 27.2 Å². The zero-order valence-electron chi connectivity index (χ0n) is 17.6. The summed E-state index contributed by atoms with van der Waals surface area (Å²) in [5.74, 6) is -1.01. The van der Waals surface area contributed by atoms with E-state index in [2.05, 4.69) is 15.0 Å². The van der Waals surface area contributed by atoms with Crippen LogP contribution in [-0.2, 0) is 23.2 Å². The number of aryl methyl sites for hydroxylation is 1. The number of halogens is 5.